The molecule has 1 amide bonds. The summed E-state index contributed by atoms with van der Waals surface area (Å²) in [6.07, 6.45) is 4.43. The fraction of sp³-hybridized carbons (Fsp3) is 0.250. The molecule has 4 nitrogen and oxygen atoms in total. The quantitative estimate of drug-likeness (QED) is 0.534. The molecule has 0 radical (unpaired) electrons. The highest BCUT2D eigenvalue weighted by Crippen LogP contribution is 2.25. The number of aromatic hydroxyl groups is 2. The first-order valence-electron chi connectivity index (χ1n) is 5.02. The van der Waals surface area contributed by atoms with Crippen LogP contribution in [-0.4, -0.2) is 22.7 Å². The van der Waals surface area contributed by atoms with Gasteiger partial charge in [-0.25, -0.2) is 0 Å². The molecule has 0 saturated heterocycles. The largest absolute Gasteiger partial charge is 0.504 e. The van der Waals surface area contributed by atoms with Crippen LogP contribution in [0, 0.1) is 0 Å². The second-order valence-corrected chi connectivity index (χ2v) is 3.42. The number of hydrogen-bond acceptors (Lipinski definition) is 3. The summed E-state index contributed by atoms with van der Waals surface area (Å²) in [4.78, 5) is 10.6. The predicted molar refractivity (Wildman–Crippen MR) is 62.1 cm³/mol. The number of phenols is 2. The Balaban J connectivity index is 2.44. The van der Waals surface area contributed by atoms with E-state index in [9.17, 15) is 9.90 Å². The Morgan fingerprint density at radius 1 is 1.38 bits per heavy atom. The highest BCUT2D eigenvalue weighted by atomic mass is 16.3. The van der Waals surface area contributed by atoms with Crippen LogP contribution in [0.5, 0.6) is 11.5 Å². The maximum Gasteiger partial charge on any atom is 0.216 e. The van der Waals surface area contributed by atoms with Gasteiger partial charge in [0.25, 0.3) is 0 Å². The normalized spacial score (nSPS) is 10.6. The number of benzene rings is 1. The number of amides is 1. The van der Waals surface area contributed by atoms with E-state index >= 15 is 0 Å². The van der Waals surface area contributed by atoms with Crippen molar-refractivity contribution in [2.24, 2.45) is 0 Å². The zero-order valence-corrected chi connectivity index (χ0v) is 9.10. The van der Waals surface area contributed by atoms with Crippen LogP contribution in [0.1, 0.15) is 18.9 Å². The molecular formula is C12H15NO3. The van der Waals surface area contributed by atoms with Crippen molar-refractivity contribution in [1.29, 1.82) is 0 Å². The van der Waals surface area contributed by atoms with Gasteiger partial charge in [-0.1, -0.05) is 18.2 Å². The molecule has 4 heteroatoms. The van der Waals surface area contributed by atoms with Crippen LogP contribution in [0.3, 0.4) is 0 Å². The van der Waals surface area contributed by atoms with Crippen molar-refractivity contribution in [3.63, 3.8) is 0 Å². The Morgan fingerprint density at radius 2 is 2.12 bits per heavy atom. The molecule has 3 N–H and O–H groups in total. The van der Waals surface area contributed by atoms with Gasteiger partial charge in [0.05, 0.1) is 0 Å². The number of nitrogens with one attached hydrogen (secondary N) is 1. The van der Waals surface area contributed by atoms with Gasteiger partial charge in [-0.2, -0.15) is 0 Å². The van der Waals surface area contributed by atoms with Crippen LogP contribution in [0.25, 0.3) is 6.08 Å². The van der Waals surface area contributed by atoms with Gasteiger partial charge < -0.3 is 15.5 Å². The van der Waals surface area contributed by atoms with Crippen molar-refractivity contribution in [1.82, 2.24) is 5.32 Å². The maximum atomic E-state index is 10.6. The molecule has 86 valence electrons. The standard InChI is InChI=1S/C12H15NO3/c1-9(14)13-7-3-2-4-10-5-6-11(15)12(16)8-10/h2,4-6,8,15-16H,3,7H2,1H3,(H,13,14). The molecule has 0 fully saturated rings. The smallest absolute Gasteiger partial charge is 0.216 e. The Bertz CT molecular complexity index is 399. The van der Waals surface area contributed by atoms with E-state index in [1.807, 2.05) is 12.2 Å². The van der Waals surface area contributed by atoms with Gasteiger partial charge >= 0.3 is 0 Å². The van der Waals surface area contributed by atoms with Gasteiger partial charge in [-0.15, -0.1) is 0 Å². The van der Waals surface area contributed by atoms with E-state index in [0.717, 1.165) is 12.0 Å². The summed E-state index contributed by atoms with van der Waals surface area (Å²) < 4.78 is 0. The van der Waals surface area contributed by atoms with Crippen LogP contribution in [0.2, 0.25) is 0 Å². The van der Waals surface area contributed by atoms with Crippen molar-refractivity contribution in [2.75, 3.05) is 6.54 Å². The SMILES string of the molecule is CC(=O)NCCC=Cc1ccc(O)c(O)c1. The molecule has 1 rings (SSSR count). The average Bonchev–Trinajstić information content (AvgIpc) is 2.22. The first-order chi connectivity index (χ1) is 7.59. The van der Waals surface area contributed by atoms with E-state index in [1.54, 1.807) is 6.07 Å². The van der Waals surface area contributed by atoms with Gasteiger partial charge in [0.15, 0.2) is 11.5 Å². The Kier molecular flexibility index (Phi) is 4.39. The third-order valence-electron chi connectivity index (χ3n) is 1.99. The summed E-state index contributed by atoms with van der Waals surface area (Å²) in [6, 6.07) is 4.61. The fourth-order valence-electron chi connectivity index (χ4n) is 1.20. The van der Waals surface area contributed by atoms with Crippen LogP contribution >= 0.6 is 0 Å². The zero-order chi connectivity index (χ0) is 12.0. The molecule has 0 saturated carbocycles. The fourth-order valence-corrected chi connectivity index (χ4v) is 1.20. The molecule has 0 unspecified atom stereocenters. The van der Waals surface area contributed by atoms with E-state index in [2.05, 4.69) is 5.32 Å². The summed E-state index contributed by atoms with van der Waals surface area (Å²) >= 11 is 0. The Hall–Kier alpha value is -1.97. The first-order valence-corrected chi connectivity index (χ1v) is 5.02. The number of carbonyl (C=O) groups is 1. The molecule has 0 aliphatic carbocycles. The number of hydrogen-bond donors (Lipinski definition) is 3. The lowest BCUT2D eigenvalue weighted by molar-refractivity contribution is -0.118. The van der Waals surface area contributed by atoms with Crippen molar-refractivity contribution in [2.45, 2.75) is 13.3 Å². The van der Waals surface area contributed by atoms with Gasteiger partial charge in [-0.05, 0) is 24.1 Å². The second-order valence-electron chi connectivity index (χ2n) is 3.42. The Morgan fingerprint density at radius 3 is 2.75 bits per heavy atom. The van der Waals surface area contributed by atoms with E-state index in [0.29, 0.717) is 6.54 Å². The summed E-state index contributed by atoms with van der Waals surface area (Å²) in [5, 5.41) is 21.0. The molecule has 1 aromatic carbocycles. The minimum Gasteiger partial charge on any atom is -0.504 e. The van der Waals surface area contributed by atoms with E-state index in [1.165, 1.54) is 19.1 Å². The third-order valence-corrected chi connectivity index (χ3v) is 1.99. The number of phenolic OH excluding ortho intramolecular Hbond substituents is 2. The summed E-state index contributed by atoms with van der Waals surface area (Å²) in [5.74, 6) is -0.310. The van der Waals surface area contributed by atoms with Crippen LogP contribution in [0.15, 0.2) is 24.3 Å². The van der Waals surface area contributed by atoms with Crippen LogP contribution in [0.4, 0.5) is 0 Å². The molecule has 0 atom stereocenters. The Labute approximate surface area is 94.2 Å². The minimum absolute atomic E-state index is 0.0457. The van der Waals surface area contributed by atoms with Crippen LogP contribution in [-0.2, 0) is 4.79 Å². The molecule has 0 heterocycles. The van der Waals surface area contributed by atoms with Crippen molar-refractivity contribution in [3.05, 3.63) is 29.8 Å². The maximum absolute atomic E-state index is 10.6. The van der Waals surface area contributed by atoms with Crippen LogP contribution < -0.4 is 5.32 Å². The topological polar surface area (TPSA) is 69.6 Å². The molecule has 0 aromatic heterocycles. The first kappa shape index (κ1) is 12.1. The molecule has 0 spiro atoms. The van der Waals surface area contributed by atoms with E-state index in [4.69, 9.17) is 5.11 Å². The summed E-state index contributed by atoms with van der Waals surface area (Å²) in [7, 11) is 0. The molecule has 16 heavy (non-hydrogen) atoms. The third kappa shape index (κ3) is 4.04. The molecule has 0 bridgehead atoms. The molecule has 1 aromatic rings. The summed E-state index contributed by atoms with van der Waals surface area (Å²) in [5.41, 5.74) is 0.804. The highest BCUT2D eigenvalue weighted by Gasteiger charge is 1.97. The van der Waals surface area contributed by atoms with Crippen molar-refractivity contribution >= 4 is 12.0 Å². The molecular weight excluding hydrogens is 206 g/mol. The lowest BCUT2D eigenvalue weighted by atomic mass is 10.2. The van der Waals surface area contributed by atoms with Crippen molar-refractivity contribution in [3.8, 4) is 11.5 Å². The molecule has 0 aliphatic heterocycles. The van der Waals surface area contributed by atoms with Crippen molar-refractivity contribution < 1.29 is 15.0 Å². The highest BCUT2D eigenvalue weighted by molar-refractivity contribution is 5.72. The average molecular weight is 221 g/mol. The van der Waals surface area contributed by atoms with Gasteiger partial charge in [-0.3, -0.25) is 4.79 Å². The second kappa shape index (κ2) is 5.80. The zero-order valence-electron chi connectivity index (χ0n) is 9.10. The minimum atomic E-state index is -0.135. The van der Waals surface area contributed by atoms with E-state index < -0.39 is 0 Å². The van der Waals surface area contributed by atoms with Gasteiger partial charge in [0.2, 0.25) is 5.91 Å². The monoisotopic (exact) mass is 221 g/mol. The lowest BCUT2D eigenvalue weighted by Crippen LogP contribution is -2.20. The van der Waals surface area contributed by atoms with Gasteiger partial charge in [0, 0.05) is 13.5 Å². The predicted octanol–water partition coefficient (Wildman–Crippen LogP) is 1.64. The number of rotatable bonds is 4. The molecule has 0 aliphatic rings. The van der Waals surface area contributed by atoms with Gasteiger partial charge in [0.1, 0.15) is 0 Å². The summed E-state index contributed by atoms with van der Waals surface area (Å²) in [6.45, 7) is 2.07. The lowest BCUT2D eigenvalue weighted by Gasteiger charge is -1.99. The number of carbonyl (C=O) groups excluding carboxylic acids is 1. The van der Waals surface area contributed by atoms with E-state index in [-0.39, 0.29) is 17.4 Å².